The Morgan fingerprint density at radius 3 is 2.54 bits per heavy atom. The van der Waals surface area contributed by atoms with Crippen LogP contribution in [0.25, 0.3) is 0 Å². The number of fused-ring (bicyclic) bond motifs is 1. The lowest BCUT2D eigenvalue weighted by Crippen LogP contribution is -2.48. The third-order valence-corrected chi connectivity index (χ3v) is 7.68. The van der Waals surface area contributed by atoms with Gasteiger partial charge in [0, 0.05) is 42.5 Å². The van der Waals surface area contributed by atoms with Crippen LogP contribution in [0.1, 0.15) is 66.3 Å². The first-order valence-corrected chi connectivity index (χ1v) is 12.9. The van der Waals surface area contributed by atoms with Gasteiger partial charge in [-0.15, -0.1) is 0 Å². The molecule has 0 radical (unpaired) electrons. The van der Waals surface area contributed by atoms with E-state index in [1.807, 2.05) is 23.6 Å². The van der Waals surface area contributed by atoms with Crippen molar-refractivity contribution in [1.82, 2.24) is 19.6 Å². The zero-order chi connectivity index (χ0) is 24.7. The third kappa shape index (κ3) is 4.96. The number of benzene rings is 1. The van der Waals surface area contributed by atoms with Crippen molar-refractivity contribution in [3.8, 4) is 0 Å². The van der Waals surface area contributed by atoms with E-state index in [1.165, 1.54) is 6.07 Å². The van der Waals surface area contributed by atoms with Crippen LogP contribution in [0.4, 0.5) is 4.39 Å². The summed E-state index contributed by atoms with van der Waals surface area (Å²) in [6.07, 6.45) is 3.97. The molecule has 1 aromatic carbocycles. The predicted octanol–water partition coefficient (Wildman–Crippen LogP) is 3.82. The second kappa shape index (κ2) is 9.90. The molecule has 2 saturated heterocycles. The number of amides is 2. The Labute approximate surface area is 210 Å². The molecule has 9 heteroatoms. The van der Waals surface area contributed by atoms with E-state index in [1.54, 1.807) is 16.8 Å². The van der Waals surface area contributed by atoms with Crippen LogP contribution in [0.15, 0.2) is 18.2 Å². The van der Waals surface area contributed by atoms with Gasteiger partial charge in [0.2, 0.25) is 5.91 Å². The molecule has 0 bridgehead atoms. The Bertz CT molecular complexity index is 1120. The fourth-order valence-electron chi connectivity index (χ4n) is 5.80. The van der Waals surface area contributed by atoms with Gasteiger partial charge in [0.1, 0.15) is 12.4 Å². The SMILES string of the molecule is C[C@@H]1CN(C(=O)c2nn(CC(=O)N3CCC(c4cc(Cl)ccc4F)CC3)c3c2CCC3)C[C@H](C)O1. The number of morpholine rings is 1. The highest BCUT2D eigenvalue weighted by Crippen LogP contribution is 2.32. The molecular formula is C26H32ClFN4O3. The number of carbonyl (C=O) groups is 2. The molecule has 2 atom stereocenters. The zero-order valence-electron chi connectivity index (χ0n) is 20.3. The first-order chi connectivity index (χ1) is 16.8. The van der Waals surface area contributed by atoms with E-state index in [4.69, 9.17) is 16.3 Å². The lowest BCUT2D eigenvalue weighted by molar-refractivity contribution is -0.133. The van der Waals surface area contributed by atoms with Crippen LogP contribution in [0, 0.1) is 5.82 Å². The molecule has 188 valence electrons. The van der Waals surface area contributed by atoms with Gasteiger partial charge in [0.15, 0.2) is 5.69 Å². The topological polar surface area (TPSA) is 67.7 Å². The van der Waals surface area contributed by atoms with E-state index in [0.29, 0.717) is 55.3 Å². The van der Waals surface area contributed by atoms with Crippen LogP contribution in [-0.2, 0) is 28.9 Å². The van der Waals surface area contributed by atoms with Crippen molar-refractivity contribution in [3.05, 3.63) is 51.6 Å². The number of ether oxygens (including phenoxy) is 1. The summed E-state index contributed by atoms with van der Waals surface area (Å²) < 4.78 is 21.8. The van der Waals surface area contributed by atoms with Crippen molar-refractivity contribution in [1.29, 1.82) is 0 Å². The second-order valence-corrected chi connectivity index (χ2v) is 10.5. The molecule has 2 fully saturated rings. The van der Waals surface area contributed by atoms with Crippen molar-refractivity contribution < 1.29 is 18.7 Å². The summed E-state index contributed by atoms with van der Waals surface area (Å²) >= 11 is 6.07. The van der Waals surface area contributed by atoms with E-state index in [9.17, 15) is 14.0 Å². The van der Waals surface area contributed by atoms with Crippen LogP contribution in [0.5, 0.6) is 0 Å². The van der Waals surface area contributed by atoms with Crippen molar-refractivity contribution in [2.24, 2.45) is 0 Å². The number of likely N-dealkylation sites (tertiary alicyclic amines) is 1. The van der Waals surface area contributed by atoms with Crippen molar-refractivity contribution in [2.45, 2.75) is 70.6 Å². The standard InChI is InChI=1S/C26H32ClFN4O3/c1-16-13-31(14-17(2)35-16)26(34)25-20-4-3-5-23(20)32(29-25)15-24(33)30-10-8-18(9-11-30)21-12-19(27)6-7-22(21)28/h6-7,12,16-18H,3-5,8-11,13-15H2,1-2H3/t16-,17+. The molecule has 35 heavy (non-hydrogen) atoms. The highest BCUT2D eigenvalue weighted by atomic mass is 35.5. The van der Waals surface area contributed by atoms with E-state index < -0.39 is 0 Å². The Kier molecular flexibility index (Phi) is 6.86. The van der Waals surface area contributed by atoms with Crippen LogP contribution >= 0.6 is 11.6 Å². The molecule has 0 spiro atoms. The van der Waals surface area contributed by atoms with Gasteiger partial charge < -0.3 is 14.5 Å². The van der Waals surface area contributed by atoms with Gasteiger partial charge in [0.25, 0.3) is 5.91 Å². The summed E-state index contributed by atoms with van der Waals surface area (Å²) in [6, 6.07) is 4.66. The van der Waals surface area contributed by atoms with Crippen LogP contribution in [0.3, 0.4) is 0 Å². The predicted molar refractivity (Wildman–Crippen MR) is 130 cm³/mol. The van der Waals surface area contributed by atoms with Gasteiger partial charge in [-0.2, -0.15) is 5.10 Å². The number of halogens is 2. The molecule has 1 aliphatic carbocycles. The Balaban J connectivity index is 1.26. The lowest BCUT2D eigenvalue weighted by atomic mass is 9.89. The fourth-order valence-corrected chi connectivity index (χ4v) is 5.98. The van der Waals surface area contributed by atoms with Gasteiger partial charge in [-0.05, 0) is 75.6 Å². The molecule has 2 amide bonds. The smallest absolute Gasteiger partial charge is 0.274 e. The maximum Gasteiger partial charge on any atom is 0.274 e. The molecular weight excluding hydrogens is 471 g/mol. The average molecular weight is 503 g/mol. The lowest BCUT2D eigenvalue weighted by Gasteiger charge is -2.35. The molecule has 1 aromatic heterocycles. The highest BCUT2D eigenvalue weighted by molar-refractivity contribution is 6.30. The van der Waals surface area contributed by atoms with Crippen molar-refractivity contribution in [3.63, 3.8) is 0 Å². The van der Waals surface area contributed by atoms with Crippen molar-refractivity contribution >= 4 is 23.4 Å². The number of hydrogen-bond donors (Lipinski definition) is 0. The fraction of sp³-hybridized carbons (Fsp3) is 0.577. The number of aromatic nitrogens is 2. The maximum atomic E-state index is 14.3. The Morgan fingerprint density at radius 2 is 1.83 bits per heavy atom. The summed E-state index contributed by atoms with van der Waals surface area (Å²) in [4.78, 5) is 30.1. The van der Waals surface area contributed by atoms with Gasteiger partial charge in [0.05, 0.1) is 12.2 Å². The zero-order valence-corrected chi connectivity index (χ0v) is 21.1. The molecule has 3 aliphatic rings. The third-order valence-electron chi connectivity index (χ3n) is 7.45. The van der Waals surface area contributed by atoms with Gasteiger partial charge >= 0.3 is 0 Å². The molecule has 0 saturated carbocycles. The van der Waals surface area contributed by atoms with Crippen LogP contribution < -0.4 is 0 Å². The number of rotatable bonds is 4. The molecule has 3 heterocycles. The molecule has 7 nitrogen and oxygen atoms in total. The van der Waals surface area contributed by atoms with Gasteiger partial charge in [-0.1, -0.05) is 11.6 Å². The number of nitrogens with zero attached hydrogens (tertiary/aromatic N) is 4. The van der Waals surface area contributed by atoms with Gasteiger partial charge in [-0.3, -0.25) is 14.3 Å². The minimum Gasteiger partial charge on any atom is -0.372 e. The largest absolute Gasteiger partial charge is 0.372 e. The van der Waals surface area contributed by atoms with Crippen LogP contribution in [0.2, 0.25) is 5.02 Å². The first kappa shape index (κ1) is 24.3. The van der Waals surface area contributed by atoms with E-state index in [-0.39, 0.29) is 42.3 Å². The molecule has 2 aliphatic heterocycles. The molecule has 5 rings (SSSR count). The summed E-state index contributed by atoms with van der Waals surface area (Å²) in [5.74, 6) is -0.276. The van der Waals surface area contributed by atoms with E-state index >= 15 is 0 Å². The second-order valence-electron chi connectivity index (χ2n) is 10.1. The molecule has 2 aromatic rings. The summed E-state index contributed by atoms with van der Waals surface area (Å²) in [5, 5.41) is 5.18. The normalized spacial score (nSPS) is 23.0. The molecule has 0 N–H and O–H groups in total. The highest BCUT2D eigenvalue weighted by Gasteiger charge is 2.34. The minimum atomic E-state index is -0.243. The quantitative estimate of drug-likeness (QED) is 0.637. The van der Waals surface area contributed by atoms with Crippen molar-refractivity contribution in [2.75, 3.05) is 26.2 Å². The average Bonchev–Trinajstić information content (AvgIpc) is 3.43. The molecule has 0 unspecified atom stereocenters. The van der Waals surface area contributed by atoms with Gasteiger partial charge in [-0.25, -0.2) is 4.39 Å². The monoisotopic (exact) mass is 502 g/mol. The van der Waals surface area contributed by atoms with E-state index in [2.05, 4.69) is 5.10 Å². The van der Waals surface area contributed by atoms with E-state index in [0.717, 1.165) is 30.5 Å². The van der Waals surface area contributed by atoms with Crippen LogP contribution in [-0.4, -0.2) is 69.8 Å². The maximum absolute atomic E-state index is 14.3. The Morgan fingerprint density at radius 1 is 1.11 bits per heavy atom. The summed E-state index contributed by atoms with van der Waals surface area (Å²) in [7, 11) is 0. The number of hydrogen-bond acceptors (Lipinski definition) is 4. The Hall–Kier alpha value is -2.45. The summed E-state index contributed by atoms with van der Waals surface area (Å²) in [5.41, 5.74) is 3.11. The number of carbonyl (C=O) groups excluding carboxylic acids is 2. The minimum absolute atomic E-state index is 0.0114. The number of piperidine rings is 1. The summed E-state index contributed by atoms with van der Waals surface area (Å²) in [6.45, 7) is 6.30. The first-order valence-electron chi connectivity index (χ1n) is 12.6.